The van der Waals surface area contributed by atoms with Gasteiger partial charge < -0.3 is 5.32 Å². The van der Waals surface area contributed by atoms with Crippen LogP contribution < -0.4 is 9.62 Å². The van der Waals surface area contributed by atoms with Crippen LogP contribution >= 0.6 is 0 Å². The number of ketones is 1. The zero-order valence-electron chi connectivity index (χ0n) is 17.6. The quantitative estimate of drug-likeness (QED) is 0.551. The third kappa shape index (κ3) is 2.95. The smallest absolute Gasteiger partial charge is 0.319 e. The molecule has 2 heterocycles. The maximum atomic E-state index is 13.3. The van der Waals surface area contributed by atoms with Crippen molar-refractivity contribution in [3.8, 4) is 0 Å². The van der Waals surface area contributed by atoms with Gasteiger partial charge in [0.15, 0.2) is 5.78 Å². The largest absolute Gasteiger partial charge is 0.325 e. The third-order valence-corrected chi connectivity index (χ3v) is 8.46. The molecule has 0 aromatic heterocycles. The molecule has 1 aliphatic carbocycles. The SMILES string of the molecule is CCS(=O)(=O)N1CCc2cc(C(=O)CN3C(=O)N[C@@]4(CCc5ccccc54)C3=O)ccc21. The first-order chi connectivity index (χ1) is 15.3. The summed E-state index contributed by atoms with van der Waals surface area (Å²) in [6.45, 7) is 1.58. The number of amides is 3. The molecular formula is C23H23N3O5S. The van der Waals surface area contributed by atoms with Crippen molar-refractivity contribution < 1.29 is 22.8 Å². The summed E-state index contributed by atoms with van der Waals surface area (Å²) in [6.07, 6.45) is 1.67. The molecule has 2 aliphatic heterocycles. The molecule has 1 spiro atoms. The Labute approximate surface area is 186 Å². The average Bonchev–Trinajstić information content (AvgIpc) is 3.45. The second-order valence-corrected chi connectivity index (χ2v) is 10.6. The van der Waals surface area contributed by atoms with Gasteiger partial charge in [-0.15, -0.1) is 0 Å². The number of benzene rings is 2. The summed E-state index contributed by atoms with van der Waals surface area (Å²) in [5.74, 6) is -0.761. The van der Waals surface area contributed by atoms with Crippen molar-refractivity contribution in [3.05, 3.63) is 64.7 Å². The van der Waals surface area contributed by atoms with Crippen LogP contribution in [0.25, 0.3) is 0 Å². The van der Waals surface area contributed by atoms with E-state index in [-0.39, 0.29) is 18.1 Å². The van der Waals surface area contributed by atoms with E-state index in [9.17, 15) is 22.8 Å². The summed E-state index contributed by atoms with van der Waals surface area (Å²) < 4.78 is 25.9. The lowest BCUT2D eigenvalue weighted by molar-refractivity contribution is -0.131. The first kappa shape index (κ1) is 20.7. The van der Waals surface area contributed by atoms with Gasteiger partial charge in [0.1, 0.15) is 5.54 Å². The minimum Gasteiger partial charge on any atom is -0.319 e. The highest BCUT2D eigenvalue weighted by Crippen LogP contribution is 2.41. The molecule has 2 aromatic carbocycles. The number of anilines is 1. The van der Waals surface area contributed by atoms with Crippen LogP contribution in [0, 0.1) is 0 Å². The van der Waals surface area contributed by atoms with E-state index >= 15 is 0 Å². The van der Waals surface area contributed by atoms with Crippen LogP contribution in [0.4, 0.5) is 10.5 Å². The van der Waals surface area contributed by atoms with Crippen LogP contribution in [0.1, 0.15) is 40.4 Å². The lowest BCUT2D eigenvalue weighted by atomic mass is 9.92. The molecule has 1 N–H and O–H groups in total. The monoisotopic (exact) mass is 453 g/mol. The highest BCUT2D eigenvalue weighted by atomic mass is 32.2. The number of rotatable bonds is 5. The lowest BCUT2D eigenvalue weighted by Gasteiger charge is -2.22. The maximum absolute atomic E-state index is 13.3. The molecule has 3 aliphatic rings. The second kappa shape index (κ2) is 7.16. The number of fused-ring (bicyclic) bond motifs is 3. The summed E-state index contributed by atoms with van der Waals surface area (Å²) in [5.41, 5.74) is 2.43. The number of carbonyl (C=O) groups excluding carboxylic acids is 3. The van der Waals surface area contributed by atoms with Crippen molar-refractivity contribution in [3.63, 3.8) is 0 Å². The van der Waals surface area contributed by atoms with Gasteiger partial charge in [0.05, 0.1) is 18.0 Å². The molecule has 166 valence electrons. The van der Waals surface area contributed by atoms with Crippen LogP contribution in [0.15, 0.2) is 42.5 Å². The Balaban J connectivity index is 1.38. The van der Waals surface area contributed by atoms with E-state index in [0.29, 0.717) is 37.1 Å². The molecule has 1 fully saturated rings. The van der Waals surface area contributed by atoms with Crippen molar-refractivity contribution in [1.29, 1.82) is 0 Å². The molecular weight excluding hydrogens is 430 g/mol. The maximum Gasteiger partial charge on any atom is 0.325 e. The zero-order chi connectivity index (χ0) is 22.7. The highest BCUT2D eigenvalue weighted by Gasteiger charge is 2.55. The summed E-state index contributed by atoms with van der Waals surface area (Å²) in [4.78, 5) is 39.9. The van der Waals surface area contributed by atoms with E-state index in [1.54, 1.807) is 25.1 Å². The van der Waals surface area contributed by atoms with Crippen molar-refractivity contribution in [2.24, 2.45) is 0 Å². The molecule has 0 unspecified atom stereocenters. The van der Waals surface area contributed by atoms with Gasteiger partial charge in [-0.25, -0.2) is 13.2 Å². The molecule has 0 saturated carbocycles. The van der Waals surface area contributed by atoms with E-state index in [2.05, 4.69) is 5.32 Å². The fraction of sp³-hybridized carbons (Fsp3) is 0.348. The summed E-state index contributed by atoms with van der Waals surface area (Å²) in [6, 6.07) is 11.8. The van der Waals surface area contributed by atoms with Crippen LogP contribution in [-0.2, 0) is 33.2 Å². The van der Waals surface area contributed by atoms with E-state index in [1.807, 2.05) is 24.3 Å². The van der Waals surface area contributed by atoms with Crippen molar-refractivity contribution in [2.75, 3.05) is 23.1 Å². The predicted octanol–water partition coefficient (Wildman–Crippen LogP) is 1.97. The molecule has 8 nitrogen and oxygen atoms in total. The van der Waals surface area contributed by atoms with Crippen LogP contribution in [0.3, 0.4) is 0 Å². The van der Waals surface area contributed by atoms with Gasteiger partial charge in [-0.3, -0.25) is 18.8 Å². The number of Topliss-reactive ketones (excluding diaryl/α,β-unsaturated/α-hetero) is 1. The van der Waals surface area contributed by atoms with Gasteiger partial charge >= 0.3 is 6.03 Å². The molecule has 32 heavy (non-hydrogen) atoms. The molecule has 1 saturated heterocycles. The number of nitrogens with one attached hydrogen (secondary N) is 1. The topological polar surface area (TPSA) is 104 Å². The minimum absolute atomic E-state index is 0.00415. The normalized spacial score (nSPS) is 21.8. The molecule has 9 heteroatoms. The van der Waals surface area contributed by atoms with Crippen molar-refractivity contribution in [2.45, 2.75) is 31.7 Å². The van der Waals surface area contributed by atoms with Crippen LogP contribution in [-0.4, -0.2) is 49.9 Å². The van der Waals surface area contributed by atoms with Gasteiger partial charge in [-0.05, 0) is 61.1 Å². The number of carbonyl (C=O) groups is 3. The average molecular weight is 454 g/mol. The van der Waals surface area contributed by atoms with Gasteiger partial charge in [-0.2, -0.15) is 0 Å². The number of urea groups is 1. The van der Waals surface area contributed by atoms with Gasteiger partial charge in [-0.1, -0.05) is 24.3 Å². The van der Waals surface area contributed by atoms with E-state index in [0.717, 1.165) is 21.6 Å². The molecule has 0 radical (unpaired) electrons. The summed E-state index contributed by atoms with van der Waals surface area (Å²) in [7, 11) is -3.37. The number of hydrogen-bond acceptors (Lipinski definition) is 5. The number of imide groups is 1. The predicted molar refractivity (Wildman–Crippen MR) is 118 cm³/mol. The summed E-state index contributed by atoms with van der Waals surface area (Å²) >= 11 is 0. The minimum atomic E-state index is -3.37. The Morgan fingerprint density at radius 3 is 2.66 bits per heavy atom. The fourth-order valence-electron chi connectivity index (χ4n) is 4.96. The third-order valence-electron chi connectivity index (χ3n) is 6.68. The number of aryl methyl sites for hydroxylation is 1. The highest BCUT2D eigenvalue weighted by molar-refractivity contribution is 7.92. The second-order valence-electron chi connectivity index (χ2n) is 8.37. The standard InChI is InChI=1S/C23H23N3O5S/c1-2-32(30,31)26-12-10-16-13-17(7-8-19(16)26)20(27)14-25-21(28)23(24-22(25)29)11-9-15-5-3-4-6-18(15)23/h3-8,13H,2,9-12,14H2,1H3,(H,24,29)/t23-/m1/s1. The first-order valence-electron chi connectivity index (χ1n) is 10.7. The first-order valence-corrected chi connectivity index (χ1v) is 12.3. The van der Waals surface area contributed by atoms with Crippen LogP contribution in [0.5, 0.6) is 0 Å². The Morgan fingerprint density at radius 1 is 1.09 bits per heavy atom. The molecule has 0 bridgehead atoms. The van der Waals surface area contributed by atoms with E-state index < -0.39 is 27.5 Å². The lowest BCUT2D eigenvalue weighted by Crippen LogP contribution is -2.42. The zero-order valence-corrected chi connectivity index (χ0v) is 18.4. The van der Waals surface area contributed by atoms with Gasteiger partial charge in [0.2, 0.25) is 10.0 Å². The summed E-state index contributed by atoms with van der Waals surface area (Å²) in [5, 5.41) is 2.82. The number of nitrogens with zero attached hydrogens (tertiary/aromatic N) is 2. The van der Waals surface area contributed by atoms with Gasteiger partial charge in [0.25, 0.3) is 5.91 Å². The molecule has 5 rings (SSSR count). The van der Waals surface area contributed by atoms with E-state index in [4.69, 9.17) is 0 Å². The molecule has 3 amide bonds. The Hall–Kier alpha value is -3.20. The Morgan fingerprint density at radius 2 is 1.88 bits per heavy atom. The Kier molecular flexibility index (Phi) is 4.63. The van der Waals surface area contributed by atoms with Gasteiger partial charge in [0, 0.05) is 12.1 Å². The fourth-order valence-corrected chi connectivity index (χ4v) is 6.12. The number of sulfonamides is 1. The van der Waals surface area contributed by atoms with Crippen molar-refractivity contribution in [1.82, 2.24) is 10.2 Å². The Bertz CT molecular complexity index is 1270. The van der Waals surface area contributed by atoms with Crippen molar-refractivity contribution >= 4 is 33.4 Å². The molecule has 2 aromatic rings. The number of hydrogen-bond donors (Lipinski definition) is 1. The molecule has 1 atom stereocenters. The van der Waals surface area contributed by atoms with Crippen LogP contribution in [0.2, 0.25) is 0 Å². The van der Waals surface area contributed by atoms with E-state index in [1.165, 1.54) is 4.31 Å².